The Bertz CT molecular complexity index is 674. The highest BCUT2D eigenvalue weighted by Gasteiger charge is 2.14. The molecule has 0 amide bonds. The monoisotopic (exact) mass is 227 g/mol. The lowest BCUT2D eigenvalue weighted by Crippen LogP contribution is -1.93. The van der Waals surface area contributed by atoms with Gasteiger partial charge in [-0.3, -0.25) is 4.98 Å². The van der Waals surface area contributed by atoms with Crippen LogP contribution in [0.15, 0.2) is 42.9 Å². The van der Waals surface area contributed by atoms with E-state index in [0.29, 0.717) is 11.3 Å². The molecule has 2 aromatic heterocycles. The second kappa shape index (κ2) is 3.66. The van der Waals surface area contributed by atoms with E-state index in [4.69, 9.17) is 0 Å². The molecule has 3 aromatic rings. The van der Waals surface area contributed by atoms with Gasteiger partial charge in [-0.15, -0.1) is 0 Å². The number of imidazole rings is 1. The Kier molecular flexibility index (Phi) is 2.14. The number of pyridine rings is 1. The van der Waals surface area contributed by atoms with Crippen LogP contribution in [0.2, 0.25) is 0 Å². The molecule has 0 aliphatic rings. The van der Waals surface area contributed by atoms with Crippen molar-refractivity contribution in [2.24, 2.45) is 7.05 Å². The lowest BCUT2D eigenvalue weighted by molar-refractivity contribution is 0.631. The number of nitrogens with zero attached hydrogens (tertiary/aromatic N) is 3. The molecule has 0 saturated heterocycles. The van der Waals surface area contributed by atoms with Crippen LogP contribution >= 0.6 is 0 Å². The molecule has 4 heteroatoms. The Morgan fingerprint density at radius 2 is 2.00 bits per heavy atom. The fourth-order valence-electron chi connectivity index (χ4n) is 1.98. The first-order chi connectivity index (χ1) is 8.27. The number of benzene rings is 1. The van der Waals surface area contributed by atoms with Gasteiger partial charge < -0.3 is 4.57 Å². The fourth-order valence-corrected chi connectivity index (χ4v) is 1.98. The summed E-state index contributed by atoms with van der Waals surface area (Å²) in [7, 11) is 1.85. The minimum atomic E-state index is -0.278. The maximum Gasteiger partial charge on any atom is 0.134 e. The molecule has 0 unspecified atom stereocenters. The van der Waals surface area contributed by atoms with E-state index in [1.807, 2.05) is 23.7 Å². The average Bonchev–Trinajstić information content (AvgIpc) is 2.73. The molecule has 0 radical (unpaired) electrons. The average molecular weight is 227 g/mol. The van der Waals surface area contributed by atoms with Gasteiger partial charge in [-0.05, 0) is 24.3 Å². The molecule has 84 valence electrons. The van der Waals surface area contributed by atoms with Crippen LogP contribution in [-0.4, -0.2) is 14.5 Å². The summed E-state index contributed by atoms with van der Waals surface area (Å²) in [6, 6.07) is 8.56. The smallest absolute Gasteiger partial charge is 0.134 e. The molecule has 0 aliphatic heterocycles. The Labute approximate surface area is 97.6 Å². The summed E-state index contributed by atoms with van der Waals surface area (Å²) in [5.74, 6) is -0.278. The van der Waals surface area contributed by atoms with E-state index in [2.05, 4.69) is 9.97 Å². The zero-order valence-electron chi connectivity index (χ0n) is 9.26. The van der Waals surface area contributed by atoms with Gasteiger partial charge in [-0.2, -0.15) is 0 Å². The molecule has 3 nitrogen and oxygen atoms in total. The van der Waals surface area contributed by atoms with Crippen molar-refractivity contribution in [3.05, 3.63) is 48.7 Å². The SMILES string of the molecule is Cn1cnc2ccc(F)c(-c3ccccn3)c21. The molecule has 0 spiro atoms. The van der Waals surface area contributed by atoms with E-state index in [9.17, 15) is 4.39 Å². The standard InChI is InChI=1S/C13H10FN3/c1-17-8-16-11-6-5-9(14)12(13(11)17)10-4-2-3-7-15-10/h2-8H,1H3. The van der Waals surface area contributed by atoms with Crippen molar-refractivity contribution in [2.75, 3.05) is 0 Å². The second-order valence-electron chi connectivity index (χ2n) is 3.86. The van der Waals surface area contributed by atoms with E-state index >= 15 is 0 Å². The van der Waals surface area contributed by atoms with Crippen LogP contribution in [0.3, 0.4) is 0 Å². The number of aromatic nitrogens is 3. The molecular formula is C13H10FN3. The first kappa shape index (κ1) is 9.96. The largest absolute Gasteiger partial charge is 0.333 e. The summed E-state index contributed by atoms with van der Waals surface area (Å²) < 4.78 is 15.8. The zero-order chi connectivity index (χ0) is 11.8. The lowest BCUT2D eigenvalue weighted by atomic mass is 10.1. The summed E-state index contributed by atoms with van der Waals surface area (Å²) in [5, 5.41) is 0. The van der Waals surface area contributed by atoms with E-state index in [1.54, 1.807) is 24.7 Å². The number of hydrogen-bond donors (Lipinski definition) is 0. The van der Waals surface area contributed by atoms with Crippen molar-refractivity contribution in [3.8, 4) is 11.3 Å². The van der Waals surface area contributed by atoms with E-state index < -0.39 is 0 Å². The molecule has 0 saturated carbocycles. The van der Waals surface area contributed by atoms with Crippen molar-refractivity contribution in [3.63, 3.8) is 0 Å². The Balaban J connectivity index is 2.42. The maximum absolute atomic E-state index is 14.0. The molecule has 2 heterocycles. The Morgan fingerprint density at radius 3 is 2.76 bits per heavy atom. The van der Waals surface area contributed by atoms with E-state index in [-0.39, 0.29) is 5.82 Å². The van der Waals surface area contributed by atoms with Crippen molar-refractivity contribution >= 4 is 11.0 Å². The number of rotatable bonds is 1. The van der Waals surface area contributed by atoms with Gasteiger partial charge in [0.2, 0.25) is 0 Å². The molecule has 0 aliphatic carbocycles. The minimum Gasteiger partial charge on any atom is -0.333 e. The second-order valence-corrected chi connectivity index (χ2v) is 3.86. The number of hydrogen-bond acceptors (Lipinski definition) is 2. The van der Waals surface area contributed by atoms with Crippen molar-refractivity contribution in [2.45, 2.75) is 0 Å². The highest BCUT2D eigenvalue weighted by atomic mass is 19.1. The summed E-state index contributed by atoms with van der Waals surface area (Å²) in [6.45, 7) is 0. The molecule has 0 atom stereocenters. The lowest BCUT2D eigenvalue weighted by Gasteiger charge is -2.05. The topological polar surface area (TPSA) is 30.7 Å². The third-order valence-electron chi connectivity index (χ3n) is 2.75. The first-order valence-corrected chi connectivity index (χ1v) is 5.28. The molecule has 0 bridgehead atoms. The molecule has 1 aromatic carbocycles. The van der Waals surface area contributed by atoms with Gasteiger partial charge in [-0.1, -0.05) is 6.07 Å². The number of halogens is 1. The summed E-state index contributed by atoms with van der Waals surface area (Å²) >= 11 is 0. The third kappa shape index (κ3) is 1.49. The minimum absolute atomic E-state index is 0.278. The predicted molar refractivity (Wildman–Crippen MR) is 63.9 cm³/mol. The van der Waals surface area contributed by atoms with Gasteiger partial charge in [0.05, 0.1) is 28.6 Å². The van der Waals surface area contributed by atoms with Crippen molar-refractivity contribution in [1.82, 2.24) is 14.5 Å². The summed E-state index contributed by atoms with van der Waals surface area (Å²) in [6.07, 6.45) is 3.33. The van der Waals surface area contributed by atoms with Gasteiger partial charge in [0.25, 0.3) is 0 Å². The zero-order valence-corrected chi connectivity index (χ0v) is 9.26. The van der Waals surface area contributed by atoms with Crippen molar-refractivity contribution < 1.29 is 4.39 Å². The van der Waals surface area contributed by atoms with Gasteiger partial charge >= 0.3 is 0 Å². The van der Waals surface area contributed by atoms with Crippen LogP contribution in [0.5, 0.6) is 0 Å². The predicted octanol–water partition coefficient (Wildman–Crippen LogP) is 2.77. The van der Waals surface area contributed by atoms with Crippen LogP contribution in [0.4, 0.5) is 4.39 Å². The summed E-state index contributed by atoms with van der Waals surface area (Å²) in [5.41, 5.74) is 2.67. The molecular weight excluding hydrogens is 217 g/mol. The molecule has 0 fully saturated rings. The van der Waals surface area contributed by atoms with Crippen LogP contribution < -0.4 is 0 Å². The van der Waals surface area contributed by atoms with Crippen LogP contribution in [0.1, 0.15) is 0 Å². The molecule has 3 rings (SSSR count). The van der Waals surface area contributed by atoms with Crippen LogP contribution in [0, 0.1) is 5.82 Å². The normalized spacial score (nSPS) is 10.9. The van der Waals surface area contributed by atoms with Crippen molar-refractivity contribution in [1.29, 1.82) is 0 Å². The summed E-state index contributed by atoms with van der Waals surface area (Å²) in [4.78, 5) is 8.41. The van der Waals surface area contributed by atoms with Gasteiger partial charge in [-0.25, -0.2) is 9.37 Å². The quantitative estimate of drug-likeness (QED) is 0.640. The third-order valence-corrected chi connectivity index (χ3v) is 2.75. The Morgan fingerprint density at radius 1 is 1.12 bits per heavy atom. The van der Waals surface area contributed by atoms with Gasteiger partial charge in [0, 0.05) is 13.2 Å². The van der Waals surface area contributed by atoms with Crippen LogP contribution in [-0.2, 0) is 7.05 Å². The number of aryl methyl sites for hydroxylation is 1. The van der Waals surface area contributed by atoms with E-state index in [1.165, 1.54) is 6.07 Å². The van der Waals surface area contributed by atoms with Gasteiger partial charge in [0.1, 0.15) is 5.82 Å². The first-order valence-electron chi connectivity index (χ1n) is 5.28. The number of fused-ring (bicyclic) bond motifs is 1. The molecule has 0 N–H and O–H groups in total. The Hall–Kier alpha value is -2.23. The molecule has 17 heavy (non-hydrogen) atoms. The highest BCUT2D eigenvalue weighted by Crippen LogP contribution is 2.28. The van der Waals surface area contributed by atoms with E-state index in [0.717, 1.165) is 11.0 Å². The van der Waals surface area contributed by atoms with Gasteiger partial charge in [0.15, 0.2) is 0 Å². The maximum atomic E-state index is 14.0. The highest BCUT2D eigenvalue weighted by molar-refractivity contribution is 5.91. The van der Waals surface area contributed by atoms with Crippen LogP contribution in [0.25, 0.3) is 22.3 Å². The fraction of sp³-hybridized carbons (Fsp3) is 0.0769.